The molecule has 0 heterocycles. The molecular weight excluding hydrogens is 188 g/mol. The Hall–Kier alpha value is -1.31. The summed E-state index contributed by atoms with van der Waals surface area (Å²) >= 11 is 0. The fourth-order valence-corrected chi connectivity index (χ4v) is 1.85. The molecule has 0 saturated heterocycles. The Labute approximate surface area is 90.9 Å². The molecule has 2 atom stereocenters. The number of carboxylic acid groups (broad SMARTS) is 1. The fraction of sp³-hybridized carbons (Fsp3) is 0.462. The molecule has 2 unspecified atom stereocenters. The molecule has 1 aromatic carbocycles. The smallest absolute Gasteiger partial charge is 0.307 e. The second-order valence-electron chi connectivity index (χ2n) is 4.20. The van der Waals surface area contributed by atoms with Crippen LogP contribution in [0.15, 0.2) is 30.3 Å². The second-order valence-corrected chi connectivity index (χ2v) is 4.20. The fourth-order valence-electron chi connectivity index (χ4n) is 1.85. The lowest BCUT2D eigenvalue weighted by Gasteiger charge is -2.32. The first-order chi connectivity index (χ1) is 7.02. The second kappa shape index (κ2) is 4.47. The summed E-state index contributed by atoms with van der Waals surface area (Å²) in [5, 5.41) is 9.11. The highest BCUT2D eigenvalue weighted by Crippen LogP contribution is 2.35. The highest BCUT2D eigenvalue weighted by Gasteiger charge is 2.35. The van der Waals surface area contributed by atoms with Crippen LogP contribution >= 0.6 is 0 Å². The zero-order valence-corrected chi connectivity index (χ0v) is 9.53. The molecule has 0 spiro atoms. The molecule has 2 heteroatoms. The van der Waals surface area contributed by atoms with Gasteiger partial charge in [-0.25, -0.2) is 0 Å². The van der Waals surface area contributed by atoms with E-state index in [1.165, 1.54) is 0 Å². The van der Waals surface area contributed by atoms with Crippen molar-refractivity contribution in [3.63, 3.8) is 0 Å². The maximum Gasteiger partial charge on any atom is 0.307 e. The Morgan fingerprint density at radius 3 is 2.33 bits per heavy atom. The molecule has 15 heavy (non-hydrogen) atoms. The van der Waals surface area contributed by atoms with Crippen LogP contribution in [-0.4, -0.2) is 11.1 Å². The van der Waals surface area contributed by atoms with Gasteiger partial charge < -0.3 is 5.11 Å². The summed E-state index contributed by atoms with van der Waals surface area (Å²) < 4.78 is 0. The highest BCUT2D eigenvalue weighted by molar-refractivity contribution is 5.71. The van der Waals surface area contributed by atoms with Crippen LogP contribution in [0.1, 0.15) is 32.8 Å². The third-order valence-corrected chi connectivity index (χ3v) is 3.49. The molecule has 0 aromatic heterocycles. The van der Waals surface area contributed by atoms with E-state index in [1.807, 2.05) is 44.2 Å². The minimum atomic E-state index is -0.733. The molecule has 0 aliphatic carbocycles. The van der Waals surface area contributed by atoms with Crippen molar-refractivity contribution in [1.29, 1.82) is 0 Å². The van der Waals surface area contributed by atoms with E-state index < -0.39 is 5.97 Å². The number of carboxylic acids is 1. The summed E-state index contributed by atoms with van der Waals surface area (Å²) in [6.07, 6.45) is 0.824. The van der Waals surface area contributed by atoms with E-state index in [1.54, 1.807) is 6.92 Å². The molecule has 0 bridgehead atoms. The van der Waals surface area contributed by atoms with E-state index in [0.29, 0.717) is 0 Å². The Balaban J connectivity index is 3.11. The summed E-state index contributed by atoms with van der Waals surface area (Å²) in [5.41, 5.74) is 0.815. The largest absolute Gasteiger partial charge is 0.481 e. The summed E-state index contributed by atoms with van der Waals surface area (Å²) in [7, 11) is 0. The summed E-state index contributed by atoms with van der Waals surface area (Å²) in [4.78, 5) is 11.1. The quantitative estimate of drug-likeness (QED) is 0.822. The van der Waals surface area contributed by atoms with Crippen molar-refractivity contribution in [3.05, 3.63) is 35.9 Å². The van der Waals surface area contributed by atoms with E-state index in [0.717, 1.165) is 12.0 Å². The third-order valence-electron chi connectivity index (χ3n) is 3.49. The van der Waals surface area contributed by atoms with Crippen LogP contribution in [0.2, 0.25) is 0 Å². The predicted molar refractivity (Wildman–Crippen MR) is 60.9 cm³/mol. The SMILES string of the molecule is CCC(C)(c1ccccc1)C(C)C(=O)O. The van der Waals surface area contributed by atoms with E-state index in [2.05, 4.69) is 0 Å². The molecular formula is C13H18O2. The molecule has 1 N–H and O–H groups in total. The lowest BCUT2D eigenvalue weighted by atomic mass is 9.71. The van der Waals surface area contributed by atoms with Gasteiger partial charge in [-0.2, -0.15) is 0 Å². The third kappa shape index (κ3) is 2.20. The van der Waals surface area contributed by atoms with Crippen molar-refractivity contribution in [1.82, 2.24) is 0 Å². The minimum absolute atomic E-state index is 0.285. The lowest BCUT2D eigenvalue weighted by Crippen LogP contribution is -2.34. The van der Waals surface area contributed by atoms with Crippen LogP contribution < -0.4 is 0 Å². The van der Waals surface area contributed by atoms with Gasteiger partial charge in [-0.15, -0.1) is 0 Å². The van der Waals surface area contributed by atoms with E-state index in [9.17, 15) is 4.79 Å². The Kier molecular flexibility index (Phi) is 3.51. The van der Waals surface area contributed by atoms with Gasteiger partial charge in [0.2, 0.25) is 0 Å². The number of hydrogen-bond acceptors (Lipinski definition) is 1. The molecule has 0 amide bonds. The van der Waals surface area contributed by atoms with Crippen LogP contribution in [0.5, 0.6) is 0 Å². The maximum atomic E-state index is 11.1. The molecule has 0 aliphatic heterocycles. The van der Waals surface area contributed by atoms with Gasteiger partial charge >= 0.3 is 5.97 Å². The van der Waals surface area contributed by atoms with Crippen molar-refractivity contribution >= 4 is 5.97 Å². The Morgan fingerprint density at radius 2 is 1.93 bits per heavy atom. The number of hydrogen-bond donors (Lipinski definition) is 1. The molecule has 1 rings (SSSR count). The van der Waals surface area contributed by atoms with Gasteiger partial charge in [0.25, 0.3) is 0 Å². The Bertz CT molecular complexity index is 332. The van der Waals surface area contributed by atoms with Crippen LogP contribution in [0.3, 0.4) is 0 Å². The topological polar surface area (TPSA) is 37.3 Å². The first kappa shape index (κ1) is 11.8. The maximum absolute atomic E-state index is 11.1. The number of aliphatic carboxylic acids is 1. The summed E-state index contributed by atoms with van der Waals surface area (Å²) in [6.45, 7) is 5.83. The zero-order valence-electron chi connectivity index (χ0n) is 9.53. The monoisotopic (exact) mass is 206 g/mol. The van der Waals surface area contributed by atoms with E-state index in [4.69, 9.17) is 5.11 Å². The summed E-state index contributed by atoms with van der Waals surface area (Å²) in [6, 6.07) is 9.87. The number of rotatable bonds is 4. The highest BCUT2D eigenvalue weighted by atomic mass is 16.4. The van der Waals surface area contributed by atoms with E-state index in [-0.39, 0.29) is 11.3 Å². The number of carbonyl (C=O) groups is 1. The molecule has 0 aliphatic rings. The predicted octanol–water partition coefficient (Wildman–Crippen LogP) is 3.08. The van der Waals surface area contributed by atoms with Crippen molar-refractivity contribution < 1.29 is 9.90 Å². The lowest BCUT2D eigenvalue weighted by molar-refractivity contribution is -0.143. The van der Waals surface area contributed by atoms with Crippen LogP contribution in [0, 0.1) is 5.92 Å². The van der Waals surface area contributed by atoms with Crippen molar-refractivity contribution in [2.75, 3.05) is 0 Å². The first-order valence-electron chi connectivity index (χ1n) is 5.30. The van der Waals surface area contributed by atoms with Gasteiger partial charge in [0, 0.05) is 5.41 Å². The van der Waals surface area contributed by atoms with Gasteiger partial charge in [-0.05, 0) is 12.0 Å². The average molecular weight is 206 g/mol. The van der Waals surface area contributed by atoms with Crippen molar-refractivity contribution in [3.8, 4) is 0 Å². The average Bonchev–Trinajstić information content (AvgIpc) is 2.28. The molecule has 1 aromatic rings. The standard InChI is InChI=1S/C13H18O2/c1-4-13(3,10(2)12(14)15)11-8-6-5-7-9-11/h5-10H,4H2,1-3H3,(H,14,15). The van der Waals surface area contributed by atoms with Crippen LogP contribution in [0.4, 0.5) is 0 Å². The molecule has 0 saturated carbocycles. The van der Waals surface area contributed by atoms with Crippen LogP contribution in [0.25, 0.3) is 0 Å². The van der Waals surface area contributed by atoms with Gasteiger partial charge in [0.15, 0.2) is 0 Å². The zero-order chi connectivity index (χ0) is 11.5. The number of benzene rings is 1. The van der Waals surface area contributed by atoms with Crippen LogP contribution in [-0.2, 0) is 10.2 Å². The van der Waals surface area contributed by atoms with Gasteiger partial charge in [-0.3, -0.25) is 4.79 Å². The minimum Gasteiger partial charge on any atom is -0.481 e. The van der Waals surface area contributed by atoms with Gasteiger partial charge in [0.05, 0.1) is 5.92 Å². The van der Waals surface area contributed by atoms with Gasteiger partial charge in [0.1, 0.15) is 0 Å². The Morgan fingerprint density at radius 1 is 1.40 bits per heavy atom. The van der Waals surface area contributed by atoms with Gasteiger partial charge in [-0.1, -0.05) is 51.1 Å². The van der Waals surface area contributed by atoms with Crippen molar-refractivity contribution in [2.24, 2.45) is 5.92 Å². The normalized spacial score (nSPS) is 16.7. The molecule has 0 radical (unpaired) electrons. The molecule has 2 nitrogen and oxygen atoms in total. The summed E-state index contributed by atoms with van der Waals surface area (Å²) in [5.74, 6) is -1.10. The molecule has 82 valence electrons. The van der Waals surface area contributed by atoms with E-state index >= 15 is 0 Å². The first-order valence-corrected chi connectivity index (χ1v) is 5.30. The molecule has 0 fully saturated rings. The van der Waals surface area contributed by atoms with Crippen molar-refractivity contribution in [2.45, 2.75) is 32.6 Å².